The second-order valence-electron chi connectivity index (χ2n) is 5.33. The molecule has 2 atom stereocenters. The second-order valence-corrected chi connectivity index (χ2v) is 5.33. The lowest BCUT2D eigenvalue weighted by atomic mass is 10.2. The molecule has 4 nitrogen and oxygen atoms in total. The van der Waals surface area contributed by atoms with E-state index >= 15 is 0 Å². The Morgan fingerprint density at radius 3 is 2.95 bits per heavy atom. The van der Waals surface area contributed by atoms with E-state index < -0.39 is 0 Å². The van der Waals surface area contributed by atoms with E-state index in [4.69, 9.17) is 4.42 Å². The van der Waals surface area contributed by atoms with Gasteiger partial charge in [0.05, 0.1) is 6.26 Å². The molecule has 0 spiro atoms. The first-order valence-electron chi connectivity index (χ1n) is 6.71. The maximum absolute atomic E-state index is 12.3. The molecule has 3 rings (SSSR count). The predicted octanol–water partition coefficient (Wildman–Crippen LogP) is 2.75. The zero-order valence-corrected chi connectivity index (χ0v) is 11.3. The normalized spacial score (nSPS) is 20.6. The van der Waals surface area contributed by atoms with Crippen molar-refractivity contribution in [1.29, 1.82) is 0 Å². The number of furan rings is 1. The van der Waals surface area contributed by atoms with Crippen LogP contribution in [0.4, 0.5) is 0 Å². The molecule has 2 aromatic rings. The Kier molecular flexibility index (Phi) is 3.22. The van der Waals surface area contributed by atoms with E-state index in [1.54, 1.807) is 36.4 Å². The molecule has 1 amide bonds. The Morgan fingerprint density at radius 2 is 2.25 bits per heavy atom. The van der Waals surface area contributed by atoms with E-state index in [0.717, 1.165) is 17.7 Å². The molecule has 0 aliphatic heterocycles. The number of amides is 1. The molecule has 1 saturated carbocycles. The van der Waals surface area contributed by atoms with Crippen molar-refractivity contribution < 1.29 is 14.3 Å². The number of benzene rings is 1. The Hall–Kier alpha value is -2.23. The van der Waals surface area contributed by atoms with Crippen molar-refractivity contribution in [3.63, 3.8) is 0 Å². The molecule has 1 fully saturated rings. The molecule has 20 heavy (non-hydrogen) atoms. The van der Waals surface area contributed by atoms with Gasteiger partial charge in [-0.25, -0.2) is 0 Å². The number of phenolic OH excluding ortho intramolecular Hbond substituents is 1. The minimum atomic E-state index is 0.0310. The van der Waals surface area contributed by atoms with Gasteiger partial charge in [0, 0.05) is 25.4 Å². The molecular weight excluding hydrogens is 254 g/mol. The molecule has 104 valence electrons. The predicted molar refractivity (Wildman–Crippen MR) is 74.1 cm³/mol. The summed E-state index contributed by atoms with van der Waals surface area (Å²) in [6.45, 7) is 0.509. The third-order valence-corrected chi connectivity index (χ3v) is 3.72. The van der Waals surface area contributed by atoms with Crippen molar-refractivity contribution in [3.05, 3.63) is 54.0 Å². The molecule has 1 heterocycles. The van der Waals surface area contributed by atoms with Crippen LogP contribution < -0.4 is 0 Å². The lowest BCUT2D eigenvalue weighted by Crippen LogP contribution is -2.28. The minimum absolute atomic E-state index is 0.0310. The van der Waals surface area contributed by atoms with Crippen LogP contribution in [0.1, 0.15) is 23.7 Å². The van der Waals surface area contributed by atoms with E-state index in [0.29, 0.717) is 6.54 Å². The van der Waals surface area contributed by atoms with Gasteiger partial charge in [-0.05, 0) is 36.2 Å². The standard InChI is InChI=1S/C16H17NO3/c1-17(10-11-4-2-5-12(18)8-11)16(19)14-9-13(14)15-6-3-7-20-15/h2-8,13-14,18H,9-10H2,1H3/t13-,14-/m1/s1. The van der Waals surface area contributed by atoms with Gasteiger partial charge in [-0.1, -0.05) is 12.1 Å². The van der Waals surface area contributed by atoms with Gasteiger partial charge in [-0.15, -0.1) is 0 Å². The van der Waals surface area contributed by atoms with Gasteiger partial charge >= 0.3 is 0 Å². The number of rotatable bonds is 4. The number of carbonyl (C=O) groups excluding carboxylic acids is 1. The van der Waals surface area contributed by atoms with Gasteiger partial charge in [0.2, 0.25) is 5.91 Å². The molecule has 1 aromatic carbocycles. The zero-order valence-electron chi connectivity index (χ0n) is 11.3. The molecule has 4 heteroatoms. The molecule has 0 bridgehead atoms. The van der Waals surface area contributed by atoms with E-state index in [1.165, 1.54) is 0 Å². The van der Waals surface area contributed by atoms with E-state index in [-0.39, 0.29) is 23.5 Å². The lowest BCUT2D eigenvalue weighted by Gasteiger charge is -2.17. The van der Waals surface area contributed by atoms with Gasteiger partial charge in [-0.3, -0.25) is 4.79 Å². The Bertz CT molecular complexity index is 606. The van der Waals surface area contributed by atoms with Crippen molar-refractivity contribution >= 4 is 5.91 Å². The van der Waals surface area contributed by atoms with Crippen molar-refractivity contribution in [1.82, 2.24) is 4.90 Å². The number of aromatic hydroxyl groups is 1. The van der Waals surface area contributed by atoms with E-state index in [9.17, 15) is 9.90 Å². The first-order valence-corrected chi connectivity index (χ1v) is 6.71. The zero-order chi connectivity index (χ0) is 14.1. The Morgan fingerprint density at radius 1 is 1.40 bits per heavy atom. The van der Waals surface area contributed by atoms with Crippen molar-refractivity contribution in [2.45, 2.75) is 18.9 Å². The smallest absolute Gasteiger partial charge is 0.226 e. The first kappa shape index (κ1) is 12.8. The highest BCUT2D eigenvalue weighted by Gasteiger charge is 2.46. The summed E-state index contributed by atoms with van der Waals surface area (Å²) in [6, 6.07) is 10.8. The summed E-state index contributed by atoms with van der Waals surface area (Å²) in [5.74, 6) is 1.51. The first-order chi connectivity index (χ1) is 9.65. The molecule has 1 aliphatic rings. The largest absolute Gasteiger partial charge is 0.508 e. The maximum Gasteiger partial charge on any atom is 0.226 e. The van der Waals surface area contributed by atoms with Crippen LogP contribution in [-0.2, 0) is 11.3 Å². The fourth-order valence-electron chi connectivity index (χ4n) is 2.57. The van der Waals surface area contributed by atoms with Crippen LogP contribution in [0.15, 0.2) is 47.1 Å². The van der Waals surface area contributed by atoms with Gasteiger partial charge in [0.1, 0.15) is 11.5 Å². The van der Waals surface area contributed by atoms with Crippen LogP contribution in [0.3, 0.4) is 0 Å². The maximum atomic E-state index is 12.3. The number of carbonyl (C=O) groups is 1. The summed E-state index contributed by atoms with van der Waals surface area (Å²) in [5, 5.41) is 9.44. The molecule has 0 saturated heterocycles. The van der Waals surface area contributed by atoms with Gasteiger partial charge < -0.3 is 14.4 Å². The minimum Gasteiger partial charge on any atom is -0.508 e. The Labute approximate surface area is 117 Å². The topological polar surface area (TPSA) is 53.7 Å². The fraction of sp³-hybridized carbons (Fsp3) is 0.312. The molecule has 1 aromatic heterocycles. The number of phenols is 1. The molecule has 0 unspecified atom stereocenters. The summed E-state index contributed by atoms with van der Waals surface area (Å²) >= 11 is 0. The van der Waals surface area contributed by atoms with Crippen molar-refractivity contribution in [2.75, 3.05) is 7.05 Å². The summed E-state index contributed by atoms with van der Waals surface area (Å²) in [5.41, 5.74) is 0.927. The van der Waals surface area contributed by atoms with Crippen LogP contribution >= 0.6 is 0 Å². The van der Waals surface area contributed by atoms with Crippen LogP contribution in [0.5, 0.6) is 5.75 Å². The SMILES string of the molecule is CN(Cc1cccc(O)c1)C(=O)[C@@H]1C[C@H]1c1ccco1. The molecular formula is C16H17NO3. The van der Waals surface area contributed by atoms with Crippen LogP contribution in [0, 0.1) is 5.92 Å². The fourth-order valence-corrected chi connectivity index (χ4v) is 2.57. The van der Waals surface area contributed by atoms with Crippen LogP contribution in [-0.4, -0.2) is 23.0 Å². The monoisotopic (exact) mass is 271 g/mol. The van der Waals surface area contributed by atoms with Crippen molar-refractivity contribution in [2.24, 2.45) is 5.92 Å². The van der Waals surface area contributed by atoms with Gasteiger partial charge in [0.25, 0.3) is 0 Å². The molecule has 1 N–H and O–H groups in total. The highest BCUT2D eigenvalue weighted by molar-refractivity contribution is 5.82. The number of hydrogen-bond acceptors (Lipinski definition) is 3. The van der Waals surface area contributed by atoms with E-state index in [2.05, 4.69) is 0 Å². The highest BCUT2D eigenvalue weighted by Crippen LogP contribution is 2.48. The lowest BCUT2D eigenvalue weighted by molar-refractivity contribution is -0.131. The molecule has 1 aliphatic carbocycles. The van der Waals surface area contributed by atoms with Gasteiger partial charge in [-0.2, -0.15) is 0 Å². The number of nitrogens with zero attached hydrogens (tertiary/aromatic N) is 1. The third-order valence-electron chi connectivity index (χ3n) is 3.72. The summed E-state index contributed by atoms with van der Waals surface area (Å²) in [6.07, 6.45) is 2.50. The van der Waals surface area contributed by atoms with Crippen molar-refractivity contribution in [3.8, 4) is 5.75 Å². The third kappa shape index (κ3) is 2.54. The molecule has 0 radical (unpaired) electrons. The quantitative estimate of drug-likeness (QED) is 0.930. The second kappa shape index (κ2) is 5.04. The summed E-state index contributed by atoms with van der Waals surface area (Å²) in [7, 11) is 1.80. The highest BCUT2D eigenvalue weighted by atomic mass is 16.3. The van der Waals surface area contributed by atoms with Gasteiger partial charge in [0.15, 0.2) is 0 Å². The van der Waals surface area contributed by atoms with Crippen LogP contribution in [0.25, 0.3) is 0 Å². The number of hydrogen-bond donors (Lipinski definition) is 1. The summed E-state index contributed by atoms with van der Waals surface area (Å²) in [4.78, 5) is 14.0. The van der Waals surface area contributed by atoms with E-state index in [1.807, 2.05) is 18.2 Å². The Balaban J connectivity index is 1.61. The average Bonchev–Trinajstić information content (AvgIpc) is 3.03. The average molecular weight is 271 g/mol. The van der Waals surface area contributed by atoms with Crippen LogP contribution in [0.2, 0.25) is 0 Å². The summed E-state index contributed by atoms with van der Waals surface area (Å²) < 4.78 is 5.35.